The van der Waals surface area contributed by atoms with Gasteiger partial charge in [-0.3, -0.25) is 14.9 Å². The maximum Gasteiger partial charge on any atom is 0.358 e. The van der Waals surface area contributed by atoms with E-state index < -0.39 is 28.7 Å². The van der Waals surface area contributed by atoms with E-state index in [1.54, 1.807) is 31.2 Å². The molecule has 0 N–H and O–H groups in total. The van der Waals surface area contributed by atoms with Crippen LogP contribution < -0.4 is 4.74 Å². The smallest absolute Gasteiger partial charge is 0.358 e. The Morgan fingerprint density at radius 2 is 2.09 bits per heavy atom. The molecule has 0 spiro atoms. The van der Waals surface area contributed by atoms with Gasteiger partial charge < -0.3 is 14.2 Å². The van der Waals surface area contributed by atoms with Gasteiger partial charge in [-0.2, -0.15) is 0 Å². The van der Waals surface area contributed by atoms with Gasteiger partial charge in [-0.05, 0) is 24.6 Å². The number of methoxy groups -OCH3 is 1. The van der Waals surface area contributed by atoms with Crippen LogP contribution in [0.5, 0.6) is 5.75 Å². The Bertz CT molecular complexity index is 624. The fraction of sp³-hybridized carbons (Fsp3) is 0.333. The maximum atomic E-state index is 11.9. The van der Waals surface area contributed by atoms with Crippen LogP contribution >= 0.6 is 0 Å². The average molecular weight is 323 g/mol. The Kier molecular flexibility index (Phi) is 6.72. The molecular weight excluding hydrogens is 306 g/mol. The second kappa shape index (κ2) is 8.52. The van der Waals surface area contributed by atoms with E-state index in [-0.39, 0.29) is 6.61 Å². The first-order chi connectivity index (χ1) is 10.9. The summed E-state index contributed by atoms with van der Waals surface area (Å²) in [6.07, 6.45) is -0.610. The van der Waals surface area contributed by atoms with Crippen LogP contribution in [0.25, 0.3) is 6.08 Å². The van der Waals surface area contributed by atoms with Crippen LogP contribution in [0.3, 0.4) is 0 Å². The van der Waals surface area contributed by atoms with Gasteiger partial charge in [0.2, 0.25) is 0 Å². The summed E-state index contributed by atoms with van der Waals surface area (Å²) in [6.45, 7) is 2.59. The van der Waals surface area contributed by atoms with Gasteiger partial charge in [-0.25, -0.2) is 4.79 Å². The van der Waals surface area contributed by atoms with Crippen LogP contribution in [0, 0.1) is 10.1 Å². The third-order valence-corrected chi connectivity index (χ3v) is 2.67. The standard InChI is InChI=1S/C15H17NO7/c1-4-22-15(18)14(23-10(2)17)13(16(19)20)9-11-6-5-7-12(8-11)21-3/h5-9,14H,4H2,1-3H3/b13-9+/t14-/m0/s1. The first-order valence-corrected chi connectivity index (χ1v) is 6.73. The van der Waals surface area contributed by atoms with Gasteiger partial charge in [0.25, 0.3) is 11.8 Å². The lowest BCUT2D eigenvalue weighted by Crippen LogP contribution is -2.33. The molecule has 0 fully saturated rings. The van der Waals surface area contributed by atoms with Gasteiger partial charge in [0.1, 0.15) is 5.75 Å². The topological polar surface area (TPSA) is 105 Å². The summed E-state index contributed by atoms with van der Waals surface area (Å²) < 4.78 is 14.5. The van der Waals surface area contributed by atoms with Crippen molar-refractivity contribution in [2.75, 3.05) is 13.7 Å². The Labute approximate surface area is 132 Å². The minimum absolute atomic E-state index is 0.000746. The van der Waals surface area contributed by atoms with E-state index in [1.807, 2.05) is 0 Å². The van der Waals surface area contributed by atoms with Gasteiger partial charge in [-0.1, -0.05) is 12.1 Å². The molecule has 0 amide bonds. The number of carbonyl (C=O) groups excluding carboxylic acids is 2. The molecular formula is C15H17NO7. The Balaban J connectivity index is 3.27. The van der Waals surface area contributed by atoms with Gasteiger partial charge >= 0.3 is 11.9 Å². The molecule has 0 aliphatic heterocycles. The highest BCUT2D eigenvalue weighted by molar-refractivity contribution is 5.82. The zero-order valence-corrected chi connectivity index (χ0v) is 13.0. The Morgan fingerprint density at radius 1 is 1.39 bits per heavy atom. The van der Waals surface area contributed by atoms with Crippen LogP contribution in [0.15, 0.2) is 30.0 Å². The third kappa shape index (κ3) is 5.42. The molecule has 8 heteroatoms. The number of rotatable bonds is 7. The van der Waals surface area contributed by atoms with Gasteiger partial charge in [-0.15, -0.1) is 0 Å². The highest BCUT2D eigenvalue weighted by Gasteiger charge is 2.36. The van der Waals surface area contributed by atoms with Crippen molar-refractivity contribution in [3.05, 3.63) is 45.6 Å². The quantitative estimate of drug-likeness (QED) is 0.428. The van der Waals surface area contributed by atoms with Crippen molar-refractivity contribution >= 4 is 18.0 Å². The monoisotopic (exact) mass is 323 g/mol. The molecule has 124 valence electrons. The lowest BCUT2D eigenvalue weighted by Gasteiger charge is -2.13. The van der Waals surface area contributed by atoms with Gasteiger partial charge in [0.15, 0.2) is 0 Å². The Hall–Kier alpha value is -2.90. The molecule has 0 saturated carbocycles. The van der Waals surface area contributed by atoms with Crippen molar-refractivity contribution in [2.45, 2.75) is 20.0 Å². The number of hydrogen-bond donors (Lipinski definition) is 0. The normalized spacial score (nSPS) is 12.2. The number of esters is 2. The van der Waals surface area contributed by atoms with E-state index in [4.69, 9.17) is 14.2 Å². The number of benzene rings is 1. The van der Waals surface area contributed by atoms with E-state index >= 15 is 0 Å². The molecule has 23 heavy (non-hydrogen) atoms. The number of carbonyl (C=O) groups is 2. The number of hydrogen-bond acceptors (Lipinski definition) is 7. The van der Waals surface area contributed by atoms with Crippen molar-refractivity contribution in [1.29, 1.82) is 0 Å². The first kappa shape index (κ1) is 18.1. The molecule has 1 aromatic rings. The minimum Gasteiger partial charge on any atom is -0.497 e. The molecule has 0 heterocycles. The summed E-state index contributed by atoms with van der Waals surface area (Å²) in [5, 5.41) is 11.3. The zero-order valence-electron chi connectivity index (χ0n) is 13.0. The van der Waals surface area contributed by atoms with Gasteiger partial charge in [0, 0.05) is 13.0 Å². The molecule has 1 rings (SSSR count). The third-order valence-electron chi connectivity index (χ3n) is 2.67. The van der Waals surface area contributed by atoms with Crippen molar-refractivity contribution in [3.63, 3.8) is 0 Å². The molecule has 0 bridgehead atoms. The number of nitro groups is 1. The van der Waals surface area contributed by atoms with Crippen LogP contribution in [-0.2, 0) is 19.1 Å². The second-order valence-corrected chi connectivity index (χ2v) is 4.34. The largest absolute Gasteiger partial charge is 0.497 e. The van der Waals surface area contributed by atoms with E-state index in [0.717, 1.165) is 13.0 Å². The van der Waals surface area contributed by atoms with E-state index in [0.29, 0.717) is 11.3 Å². The van der Waals surface area contributed by atoms with Gasteiger partial charge in [0.05, 0.1) is 18.6 Å². The minimum atomic E-state index is -1.74. The van der Waals surface area contributed by atoms with E-state index in [9.17, 15) is 19.7 Å². The number of ether oxygens (including phenoxy) is 3. The molecule has 0 aliphatic carbocycles. The fourth-order valence-corrected chi connectivity index (χ4v) is 1.74. The summed E-state index contributed by atoms with van der Waals surface area (Å²) in [5.74, 6) is -1.35. The van der Waals surface area contributed by atoms with Crippen LogP contribution in [-0.4, -0.2) is 36.7 Å². The molecule has 0 radical (unpaired) electrons. The average Bonchev–Trinajstić information content (AvgIpc) is 2.50. The van der Waals surface area contributed by atoms with E-state index in [2.05, 4.69) is 0 Å². The van der Waals surface area contributed by atoms with Crippen LogP contribution in [0.2, 0.25) is 0 Å². The molecule has 0 aliphatic rings. The lowest BCUT2D eigenvalue weighted by atomic mass is 10.1. The predicted molar refractivity (Wildman–Crippen MR) is 80.2 cm³/mol. The molecule has 0 saturated heterocycles. The highest BCUT2D eigenvalue weighted by Crippen LogP contribution is 2.19. The van der Waals surface area contributed by atoms with Crippen molar-refractivity contribution in [1.82, 2.24) is 0 Å². The lowest BCUT2D eigenvalue weighted by molar-refractivity contribution is -0.432. The summed E-state index contributed by atoms with van der Waals surface area (Å²) in [7, 11) is 1.46. The number of nitrogens with zero attached hydrogens (tertiary/aromatic N) is 1. The first-order valence-electron chi connectivity index (χ1n) is 6.73. The molecule has 0 unspecified atom stereocenters. The summed E-state index contributed by atoms with van der Waals surface area (Å²) in [6, 6.07) is 6.42. The predicted octanol–water partition coefficient (Wildman–Crippen LogP) is 1.81. The maximum absolute atomic E-state index is 11.9. The SMILES string of the molecule is CCOC(=O)[C@@H](OC(C)=O)/C(=C\c1cccc(OC)c1)[N+](=O)[O-]. The summed E-state index contributed by atoms with van der Waals surface area (Å²) in [4.78, 5) is 33.5. The summed E-state index contributed by atoms with van der Waals surface area (Å²) in [5.41, 5.74) is -0.190. The highest BCUT2D eigenvalue weighted by atomic mass is 16.6. The van der Waals surface area contributed by atoms with E-state index in [1.165, 1.54) is 7.11 Å². The van der Waals surface area contributed by atoms with Crippen LogP contribution in [0.4, 0.5) is 0 Å². The summed E-state index contributed by atoms with van der Waals surface area (Å²) >= 11 is 0. The van der Waals surface area contributed by atoms with Crippen LogP contribution in [0.1, 0.15) is 19.4 Å². The van der Waals surface area contributed by atoms with Crippen molar-refractivity contribution < 1.29 is 28.7 Å². The molecule has 0 aromatic heterocycles. The fourth-order valence-electron chi connectivity index (χ4n) is 1.74. The zero-order chi connectivity index (χ0) is 17.4. The van der Waals surface area contributed by atoms with Crippen molar-refractivity contribution in [2.24, 2.45) is 0 Å². The van der Waals surface area contributed by atoms with Crippen molar-refractivity contribution in [3.8, 4) is 5.75 Å². The second-order valence-electron chi connectivity index (χ2n) is 4.34. The molecule has 1 atom stereocenters. The molecule has 1 aromatic carbocycles. The Morgan fingerprint density at radius 3 is 2.61 bits per heavy atom. The molecule has 8 nitrogen and oxygen atoms in total.